The molecule has 3 N–H and O–H groups in total. The molecular formula is C14H13N3S. The van der Waals surface area contributed by atoms with Gasteiger partial charge in [-0.15, -0.1) is 0 Å². The summed E-state index contributed by atoms with van der Waals surface area (Å²) >= 11 is 1.63. The van der Waals surface area contributed by atoms with Gasteiger partial charge in [-0.05, 0) is 30.7 Å². The van der Waals surface area contributed by atoms with Gasteiger partial charge in [0.25, 0.3) is 0 Å². The Kier molecular flexibility index (Phi) is 2.72. The van der Waals surface area contributed by atoms with E-state index >= 15 is 0 Å². The SMILES string of the molecule is Cc1cc(N)cnc1Sc1cc2ccccc2[nH]1. The predicted molar refractivity (Wildman–Crippen MR) is 75.8 cm³/mol. The zero-order valence-electron chi connectivity index (χ0n) is 9.97. The molecule has 2 aromatic heterocycles. The summed E-state index contributed by atoms with van der Waals surface area (Å²) in [5, 5.41) is 3.29. The van der Waals surface area contributed by atoms with E-state index in [-0.39, 0.29) is 0 Å². The minimum absolute atomic E-state index is 0.702. The zero-order valence-corrected chi connectivity index (χ0v) is 10.8. The summed E-state index contributed by atoms with van der Waals surface area (Å²) in [5.41, 5.74) is 8.65. The van der Waals surface area contributed by atoms with E-state index in [1.807, 2.05) is 25.1 Å². The van der Waals surface area contributed by atoms with Crippen LogP contribution in [-0.2, 0) is 0 Å². The second-order valence-electron chi connectivity index (χ2n) is 4.21. The number of fused-ring (bicyclic) bond motifs is 1. The number of H-pyrrole nitrogens is 1. The molecule has 3 nitrogen and oxygen atoms in total. The normalized spacial score (nSPS) is 10.9. The number of anilines is 1. The lowest BCUT2D eigenvalue weighted by molar-refractivity contribution is 1.07. The summed E-state index contributed by atoms with van der Waals surface area (Å²) < 4.78 is 0. The molecule has 0 aliphatic rings. The van der Waals surface area contributed by atoms with Gasteiger partial charge in [-0.25, -0.2) is 4.98 Å². The lowest BCUT2D eigenvalue weighted by Crippen LogP contribution is -1.90. The Hall–Kier alpha value is -1.94. The largest absolute Gasteiger partial charge is 0.397 e. The van der Waals surface area contributed by atoms with Crippen LogP contribution in [0.5, 0.6) is 0 Å². The molecular weight excluding hydrogens is 242 g/mol. The first-order valence-electron chi connectivity index (χ1n) is 5.70. The van der Waals surface area contributed by atoms with Crippen LogP contribution in [-0.4, -0.2) is 9.97 Å². The summed E-state index contributed by atoms with van der Waals surface area (Å²) in [6.07, 6.45) is 1.69. The van der Waals surface area contributed by atoms with Crippen LogP contribution in [0, 0.1) is 6.92 Å². The molecule has 3 rings (SSSR count). The maximum absolute atomic E-state index is 5.70. The molecule has 0 amide bonds. The Morgan fingerprint density at radius 2 is 2.06 bits per heavy atom. The summed E-state index contributed by atoms with van der Waals surface area (Å²) in [7, 11) is 0. The summed E-state index contributed by atoms with van der Waals surface area (Å²) in [4.78, 5) is 7.74. The van der Waals surface area contributed by atoms with Crippen molar-refractivity contribution in [1.82, 2.24) is 9.97 Å². The third kappa shape index (κ3) is 2.07. The number of nitrogen functional groups attached to an aromatic ring is 1. The van der Waals surface area contributed by atoms with E-state index in [0.29, 0.717) is 5.69 Å². The van der Waals surface area contributed by atoms with Gasteiger partial charge >= 0.3 is 0 Å². The average molecular weight is 255 g/mol. The van der Waals surface area contributed by atoms with Crippen molar-refractivity contribution < 1.29 is 0 Å². The molecule has 3 aromatic rings. The molecule has 0 saturated carbocycles. The lowest BCUT2D eigenvalue weighted by Gasteiger charge is -2.03. The zero-order chi connectivity index (χ0) is 12.5. The standard InChI is InChI=1S/C14H13N3S/c1-9-6-11(15)8-16-14(9)18-13-7-10-4-2-3-5-12(10)17-13/h2-8,17H,15H2,1H3. The molecule has 18 heavy (non-hydrogen) atoms. The van der Waals surface area contributed by atoms with Crippen LogP contribution >= 0.6 is 11.8 Å². The smallest absolute Gasteiger partial charge is 0.105 e. The number of benzene rings is 1. The molecule has 0 aliphatic heterocycles. The van der Waals surface area contributed by atoms with E-state index in [4.69, 9.17) is 5.73 Å². The maximum atomic E-state index is 5.70. The van der Waals surface area contributed by atoms with E-state index in [2.05, 4.69) is 28.2 Å². The van der Waals surface area contributed by atoms with Gasteiger partial charge in [-0.2, -0.15) is 0 Å². The Labute approximate surface area is 109 Å². The second-order valence-corrected chi connectivity index (χ2v) is 5.24. The monoisotopic (exact) mass is 255 g/mol. The highest BCUT2D eigenvalue weighted by atomic mass is 32.2. The van der Waals surface area contributed by atoms with Crippen molar-refractivity contribution in [2.45, 2.75) is 17.0 Å². The average Bonchev–Trinajstić information content (AvgIpc) is 2.75. The van der Waals surface area contributed by atoms with Gasteiger partial charge in [0.05, 0.1) is 16.9 Å². The van der Waals surface area contributed by atoms with Crippen LogP contribution in [0.15, 0.2) is 52.6 Å². The maximum Gasteiger partial charge on any atom is 0.105 e. The van der Waals surface area contributed by atoms with E-state index in [1.54, 1.807) is 18.0 Å². The molecule has 0 bridgehead atoms. The van der Waals surface area contributed by atoms with Crippen LogP contribution in [0.25, 0.3) is 10.9 Å². The topological polar surface area (TPSA) is 54.7 Å². The van der Waals surface area contributed by atoms with Crippen LogP contribution in [0.4, 0.5) is 5.69 Å². The fourth-order valence-corrected chi connectivity index (χ4v) is 2.78. The number of hydrogen-bond acceptors (Lipinski definition) is 3. The highest BCUT2D eigenvalue weighted by Gasteiger charge is 2.06. The number of nitrogens with zero attached hydrogens (tertiary/aromatic N) is 1. The first kappa shape index (κ1) is 11.2. The van der Waals surface area contributed by atoms with Crippen LogP contribution in [0.1, 0.15) is 5.56 Å². The minimum atomic E-state index is 0.702. The van der Waals surface area contributed by atoms with Crippen molar-refractivity contribution in [2.75, 3.05) is 5.73 Å². The highest BCUT2D eigenvalue weighted by molar-refractivity contribution is 7.99. The van der Waals surface area contributed by atoms with Crippen molar-refractivity contribution in [3.8, 4) is 0 Å². The third-order valence-electron chi connectivity index (χ3n) is 2.76. The number of para-hydroxylation sites is 1. The number of nitrogens with two attached hydrogens (primary N) is 1. The van der Waals surface area contributed by atoms with Crippen LogP contribution in [0.3, 0.4) is 0 Å². The van der Waals surface area contributed by atoms with Gasteiger partial charge in [0.2, 0.25) is 0 Å². The fraction of sp³-hybridized carbons (Fsp3) is 0.0714. The second kappa shape index (κ2) is 4.38. The quantitative estimate of drug-likeness (QED) is 0.735. The molecule has 0 unspecified atom stereocenters. The summed E-state index contributed by atoms with van der Waals surface area (Å²) in [6.45, 7) is 2.02. The first-order chi connectivity index (χ1) is 8.72. The Morgan fingerprint density at radius 1 is 1.22 bits per heavy atom. The molecule has 0 atom stereocenters. The molecule has 0 saturated heterocycles. The lowest BCUT2D eigenvalue weighted by atomic mass is 10.3. The van der Waals surface area contributed by atoms with E-state index in [1.165, 1.54) is 5.39 Å². The van der Waals surface area contributed by atoms with Gasteiger partial charge in [-0.3, -0.25) is 0 Å². The number of aromatic amines is 1. The van der Waals surface area contributed by atoms with E-state index < -0.39 is 0 Å². The van der Waals surface area contributed by atoms with Crippen molar-refractivity contribution in [1.29, 1.82) is 0 Å². The van der Waals surface area contributed by atoms with E-state index in [9.17, 15) is 0 Å². The number of aryl methyl sites for hydroxylation is 1. The number of nitrogens with one attached hydrogen (secondary N) is 1. The Balaban J connectivity index is 1.96. The van der Waals surface area contributed by atoms with Crippen molar-refractivity contribution in [2.24, 2.45) is 0 Å². The minimum Gasteiger partial charge on any atom is -0.397 e. The molecule has 1 aromatic carbocycles. The number of pyridine rings is 1. The summed E-state index contributed by atoms with van der Waals surface area (Å²) in [6, 6.07) is 12.3. The van der Waals surface area contributed by atoms with Crippen molar-refractivity contribution >= 4 is 28.4 Å². The fourth-order valence-electron chi connectivity index (χ4n) is 1.90. The van der Waals surface area contributed by atoms with Crippen molar-refractivity contribution in [3.05, 3.63) is 48.2 Å². The number of hydrogen-bond donors (Lipinski definition) is 2. The Bertz CT molecular complexity index is 670. The van der Waals surface area contributed by atoms with Crippen LogP contribution in [0.2, 0.25) is 0 Å². The van der Waals surface area contributed by atoms with Gasteiger partial charge < -0.3 is 10.7 Å². The molecule has 90 valence electrons. The van der Waals surface area contributed by atoms with Gasteiger partial charge in [0.1, 0.15) is 5.03 Å². The van der Waals surface area contributed by atoms with Crippen LogP contribution < -0.4 is 5.73 Å². The van der Waals surface area contributed by atoms with Crippen molar-refractivity contribution in [3.63, 3.8) is 0 Å². The van der Waals surface area contributed by atoms with Gasteiger partial charge in [0.15, 0.2) is 0 Å². The molecule has 2 heterocycles. The van der Waals surface area contributed by atoms with Gasteiger partial charge in [0, 0.05) is 10.9 Å². The molecule has 0 fully saturated rings. The number of aromatic nitrogens is 2. The summed E-state index contributed by atoms with van der Waals surface area (Å²) in [5.74, 6) is 0. The Morgan fingerprint density at radius 3 is 2.83 bits per heavy atom. The number of rotatable bonds is 2. The molecule has 0 radical (unpaired) electrons. The van der Waals surface area contributed by atoms with Gasteiger partial charge in [-0.1, -0.05) is 30.0 Å². The first-order valence-corrected chi connectivity index (χ1v) is 6.52. The van der Waals surface area contributed by atoms with E-state index in [0.717, 1.165) is 21.1 Å². The molecule has 0 aliphatic carbocycles. The molecule has 4 heteroatoms. The third-order valence-corrected chi connectivity index (χ3v) is 3.82. The predicted octanol–water partition coefficient (Wildman–Crippen LogP) is 3.60. The highest BCUT2D eigenvalue weighted by Crippen LogP contribution is 2.30. The molecule has 0 spiro atoms.